The Labute approximate surface area is 285 Å². The summed E-state index contributed by atoms with van der Waals surface area (Å²) < 4.78 is 27.7. The van der Waals surface area contributed by atoms with Crippen molar-refractivity contribution in [3.05, 3.63) is 0 Å². The van der Waals surface area contributed by atoms with Gasteiger partial charge in [-0.15, -0.1) is 0 Å². The first-order chi connectivity index (χ1) is 21.6. The van der Waals surface area contributed by atoms with E-state index in [1.54, 1.807) is 0 Å². The van der Waals surface area contributed by atoms with Gasteiger partial charge in [0, 0.05) is 12.8 Å². The fourth-order valence-corrected chi connectivity index (χ4v) is 6.04. The summed E-state index contributed by atoms with van der Waals surface area (Å²) >= 11 is 0. The second-order valence-electron chi connectivity index (χ2n) is 12.4. The van der Waals surface area contributed by atoms with Gasteiger partial charge < -0.3 is 46.5 Å². The van der Waals surface area contributed by atoms with Crippen LogP contribution in [0.2, 0.25) is 0 Å². The number of hydrogen-bond donors (Lipinski definition) is 6. The van der Waals surface area contributed by atoms with Gasteiger partial charge in [-0.05, 0) is 12.8 Å². The molecule has 0 heterocycles. The third kappa shape index (κ3) is 31.9. The first-order valence-electron chi connectivity index (χ1n) is 18.0. The lowest BCUT2D eigenvalue weighted by Gasteiger charge is -2.25. The van der Waals surface area contributed by atoms with Crippen molar-refractivity contribution in [2.45, 2.75) is 186 Å². The average Bonchev–Trinajstić information content (AvgIpc) is 3.00. The molecule has 0 bridgehead atoms. The molecule has 0 fully saturated rings. The highest BCUT2D eigenvalue weighted by molar-refractivity contribution is 7.52. The minimum atomic E-state index is -4.93. The first-order valence-corrected chi connectivity index (χ1v) is 19.6. The van der Waals surface area contributed by atoms with Crippen LogP contribution in [-0.4, -0.2) is 69.8 Å². The molecular formula is C34H73N2O10P. The Bertz CT molecular complexity index is 756. The van der Waals surface area contributed by atoms with Crippen LogP contribution >= 0.6 is 7.60 Å². The number of hydrogen-bond acceptors (Lipinski definition) is 10. The summed E-state index contributed by atoms with van der Waals surface area (Å²) in [6.45, 7) is 2.67. The van der Waals surface area contributed by atoms with Crippen LogP contribution in [0.15, 0.2) is 0 Å². The number of ether oxygens (including phenoxy) is 3. The summed E-state index contributed by atoms with van der Waals surface area (Å²) in [7, 11) is -4.93. The van der Waals surface area contributed by atoms with Gasteiger partial charge in [0.2, 0.25) is 0 Å². The Morgan fingerprint density at radius 1 is 0.596 bits per heavy atom. The summed E-state index contributed by atoms with van der Waals surface area (Å²) in [6, 6.07) is 0. The number of carbonyl (C=O) groups is 2. The van der Waals surface area contributed by atoms with E-state index in [1.165, 1.54) is 89.9 Å². The largest absolute Gasteiger partial charge is 0.462 e. The molecule has 10 N–H and O–H groups in total. The molecular weight excluding hydrogens is 627 g/mol. The van der Waals surface area contributed by atoms with Crippen molar-refractivity contribution in [2.75, 3.05) is 19.8 Å². The molecule has 0 saturated carbocycles. The van der Waals surface area contributed by atoms with Crippen LogP contribution in [-0.2, 0) is 28.4 Å². The number of carbonyl (C=O) groups excluding carboxylic acids is 2. The fourth-order valence-electron chi connectivity index (χ4n) is 5.21. The van der Waals surface area contributed by atoms with E-state index >= 15 is 0 Å². The van der Waals surface area contributed by atoms with E-state index in [9.17, 15) is 29.0 Å². The van der Waals surface area contributed by atoms with Crippen LogP contribution in [0.3, 0.4) is 0 Å². The molecule has 0 saturated heterocycles. The highest BCUT2D eigenvalue weighted by Gasteiger charge is 2.37. The van der Waals surface area contributed by atoms with Crippen molar-refractivity contribution >= 4 is 19.5 Å². The molecule has 13 heteroatoms. The summed E-state index contributed by atoms with van der Waals surface area (Å²) in [4.78, 5) is 43.9. The van der Waals surface area contributed by atoms with Gasteiger partial charge in [0.25, 0.3) is 0 Å². The molecule has 0 radical (unpaired) electrons. The van der Waals surface area contributed by atoms with Crippen LogP contribution in [0.5, 0.6) is 0 Å². The lowest BCUT2D eigenvalue weighted by molar-refractivity contribution is -0.164. The fraction of sp³-hybridized carbons (Fsp3) is 0.941. The maximum atomic E-state index is 12.5. The van der Waals surface area contributed by atoms with Crippen LogP contribution < -0.4 is 12.3 Å². The van der Waals surface area contributed by atoms with E-state index < -0.39 is 50.8 Å². The number of aliphatic hydroxyl groups excluding tert-OH is 2. The topological polar surface area (TPSA) is 230 Å². The molecule has 284 valence electrons. The maximum absolute atomic E-state index is 12.5. The second-order valence-corrected chi connectivity index (χ2v) is 14.1. The van der Waals surface area contributed by atoms with Gasteiger partial charge in [0.05, 0.1) is 13.2 Å². The lowest BCUT2D eigenvalue weighted by atomic mass is 10.1. The van der Waals surface area contributed by atoms with Crippen molar-refractivity contribution in [1.82, 2.24) is 12.3 Å². The molecule has 0 aliphatic carbocycles. The van der Waals surface area contributed by atoms with E-state index in [-0.39, 0.29) is 31.7 Å². The molecule has 2 unspecified atom stereocenters. The van der Waals surface area contributed by atoms with E-state index in [0.29, 0.717) is 12.8 Å². The quantitative estimate of drug-likeness (QED) is 0.0217. The van der Waals surface area contributed by atoms with Crippen molar-refractivity contribution in [3.8, 4) is 0 Å². The molecule has 0 aliphatic rings. The van der Waals surface area contributed by atoms with Crippen molar-refractivity contribution in [2.24, 2.45) is 0 Å². The molecule has 0 amide bonds. The Morgan fingerprint density at radius 3 is 1.32 bits per heavy atom. The first kappa shape index (κ1) is 50.3. The van der Waals surface area contributed by atoms with Crippen molar-refractivity contribution in [1.29, 1.82) is 0 Å². The molecule has 0 aliphatic heterocycles. The van der Waals surface area contributed by atoms with Gasteiger partial charge in [-0.1, -0.05) is 142 Å². The second kappa shape index (κ2) is 34.7. The SMILES string of the molecule is CCCCCCCCCCCCCC(=O)OC[C@H](COC(C(O)CO)P(=O)(O)O)OC(=O)CCCCCCCCCCCCC.N.N. The predicted molar refractivity (Wildman–Crippen MR) is 188 cm³/mol. The monoisotopic (exact) mass is 701 g/mol. The minimum absolute atomic E-state index is 0. The Hall–Kier alpha value is -1.11. The number of rotatable bonds is 33. The molecule has 0 aromatic heterocycles. The molecule has 0 aromatic rings. The van der Waals surface area contributed by atoms with Gasteiger partial charge in [-0.3, -0.25) is 14.2 Å². The van der Waals surface area contributed by atoms with Gasteiger partial charge >= 0.3 is 19.5 Å². The normalized spacial score (nSPS) is 13.2. The van der Waals surface area contributed by atoms with E-state index in [4.69, 9.17) is 19.3 Å². The van der Waals surface area contributed by atoms with E-state index in [1.807, 2.05) is 0 Å². The molecule has 0 spiro atoms. The summed E-state index contributed by atoms with van der Waals surface area (Å²) in [5, 5.41) is 19.0. The standard InChI is InChI=1S/C34H67O10P.2H3N/c1-3-5-7-9-11-13-15-17-19-21-23-25-32(37)42-28-30(29-43-34(31(36)27-35)45(39,40)41)44-33(38)26-24-22-20-18-16-14-12-10-8-6-4-2;;/h30-31,34-36H,3-29H2,1-2H3,(H2,39,40,41);2*1H3/t30-,31?,34?;;/m1../s1. The highest BCUT2D eigenvalue weighted by Crippen LogP contribution is 2.43. The number of esters is 2. The zero-order chi connectivity index (χ0) is 33.6. The molecule has 0 rings (SSSR count). The van der Waals surface area contributed by atoms with Crippen molar-refractivity contribution in [3.63, 3.8) is 0 Å². The highest BCUT2D eigenvalue weighted by atomic mass is 31.2. The minimum Gasteiger partial charge on any atom is -0.462 e. The Balaban J connectivity index is -0.00000968. The number of aliphatic hydroxyl groups is 2. The predicted octanol–water partition coefficient (Wildman–Crippen LogP) is 8.04. The van der Waals surface area contributed by atoms with Gasteiger partial charge in [0.15, 0.2) is 11.9 Å². The van der Waals surface area contributed by atoms with Crippen LogP contribution in [0.4, 0.5) is 0 Å². The van der Waals surface area contributed by atoms with Crippen molar-refractivity contribution < 1.29 is 48.4 Å². The third-order valence-electron chi connectivity index (χ3n) is 8.00. The zero-order valence-corrected chi connectivity index (χ0v) is 30.8. The van der Waals surface area contributed by atoms with Crippen LogP contribution in [0.25, 0.3) is 0 Å². The van der Waals surface area contributed by atoms with Gasteiger partial charge in [-0.25, -0.2) is 0 Å². The van der Waals surface area contributed by atoms with E-state index in [0.717, 1.165) is 38.5 Å². The number of unbranched alkanes of at least 4 members (excludes halogenated alkanes) is 20. The van der Waals surface area contributed by atoms with Gasteiger partial charge in [0.1, 0.15) is 12.7 Å². The van der Waals surface area contributed by atoms with Crippen LogP contribution in [0.1, 0.15) is 168 Å². The van der Waals surface area contributed by atoms with Crippen LogP contribution in [0, 0.1) is 0 Å². The Morgan fingerprint density at radius 2 is 0.957 bits per heavy atom. The maximum Gasteiger partial charge on any atom is 0.356 e. The summed E-state index contributed by atoms with van der Waals surface area (Å²) in [6.07, 6.45) is 22.8. The molecule has 0 aromatic carbocycles. The molecule has 12 nitrogen and oxygen atoms in total. The smallest absolute Gasteiger partial charge is 0.356 e. The van der Waals surface area contributed by atoms with E-state index in [2.05, 4.69) is 13.8 Å². The third-order valence-corrected chi connectivity index (χ3v) is 9.15. The zero-order valence-electron chi connectivity index (χ0n) is 29.9. The Kier molecular flexibility index (Phi) is 37.2. The summed E-state index contributed by atoms with van der Waals surface area (Å²) in [5.41, 5.74) is 0. The molecule has 47 heavy (non-hydrogen) atoms. The van der Waals surface area contributed by atoms with Gasteiger partial charge in [-0.2, -0.15) is 0 Å². The average molecular weight is 701 g/mol. The lowest BCUT2D eigenvalue weighted by Crippen LogP contribution is -2.37. The summed E-state index contributed by atoms with van der Waals surface area (Å²) in [5.74, 6) is -2.96. The molecule has 3 atom stereocenters.